The summed E-state index contributed by atoms with van der Waals surface area (Å²) in [5, 5.41) is 12.1. The van der Waals surface area contributed by atoms with E-state index in [9.17, 15) is 9.18 Å². The molecule has 0 fully saturated rings. The molecule has 0 spiro atoms. The number of benzene rings is 2. The maximum atomic E-state index is 13.3. The minimum Gasteiger partial charge on any atom is -0.334 e. The van der Waals surface area contributed by atoms with Crippen LogP contribution in [0.15, 0.2) is 84.5 Å². The number of thiophene rings is 1. The van der Waals surface area contributed by atoms with Gasteiger partial charge < -0.3 is 10.6 Å². The van der Waals surface area contributed by atoms with Crippen LogP contribution in [0.3, 0.4) is 0 Å². The van der Waals surface area contributed by atoms with E-state index < -0.39 is 0 Å². The van der Waals surface area contributed by atoms with Gasteiger partial charge in [0.1, 0.15) is 5.82 Å². The van der Waals surface area contributed by atoms with Crippen LogP contribution in [-0.2, 0) is 6.54 Å². The average Bonchev–Trinajstić information content (AvgIpc) is 3.44. The fraction of sp³-hybridized carbons (Fsp3) is 0.0909. The number of hydrogen-bond acceptors (Lipinski definition) is 3. The monoisotopic (exact) mass is 406 g/mol. The van der Waals surface area contributed by atoms with E-state index in [1.165, 1.54) is 23.5 Å². The van der Waals surface area contributed by atoms with Crippen LogP contribution in [0.2, 0.25) is 0 Å². The molecule has 5 nitrogen and oxygen atoms in total. The van der Waals surface area contributed by atoms with Gasteiger partial charge in [-0.2, -0.15) is 5.10 Å². The molecule has 2 N–H and O–H groups in total. The Labute approximate surface area is 171 Å². The number of nitrogens with one attached hydrogen (secondary N) is 2. The van der Waals surface area contributed by atoms with Gasteiger partial charge >= 0.3 is 6.03 Å². The molecule has 4 aromatic rings. The number of halogens is 1. The number of carbonyl (C=O) groups excluding carboxylic acids is 1. The van der Waals surface area contributed by atoms with Crippen LogP contribution in [0.1, 0.15) is 22.0 Å². The van der Waals surface area contributed by atoms with Gasteiger partial charge in [0.25, 0.3) is 0 Å². The molecule has 0 radical (unpaired) electrons. The molecule has 0 aliphatic carbocycles. The Morgan fingerprint density at radius 2 is 1.86 bits per heavy atom. The molecule has 2 amide bonds. The summed E-state index contributed by atoms with van der Waals surface area (Å²) in [5.41, 5.74) is 2.66. The van der Waals surface area contributed by atoms with Crippen LogP contribution in [-0.4, -0.2) is 15.8 Å². The van der Waals surface area contributed by atoms with Crippen molar-refractivity contribution in [3.8, 4) is 5.69 Å². The van der Waals surface area contributed by atoms with Crippen molar-refractivity contribution in [2.24, 2.45) is 0 Å². The highest BCUT2D eigenvalue weighted by atomic mass is 32.1. The number of nitrogens with zero attached hydrogens (tertiary/aromatic N) is 2. The van der Waals surface area contributed by atoms with Gasteiger partial charge in [-0.1, -0.05) is 36.4 Å². The first kappa shape index (κ1) is 18.9. The van der Waals surface area contributed by atoms with Crippen LogP contribution in [0, 0.1) is 5.82 Å². The van der Waals surface area contributed by atoms with Gasteiger partial charge in [0.05, 0.1) is 17.9 Å². The third-order valence-electron chi connectivity index (χ3n) is 4.42. The van der Waals surface area contributed by atoms with Crippen molar-refractivity contribution < 1.29 is 9.18 Å². The Morgan fingerprint density at radius 3 is 2.59 bits per heavy atom. The number of para-hydroxylation sites is 1. The first-order valence-corrected chi connectivity index (χ1v) is 9.99. The number of rotatable bonds is 6. The lowest BCUT2D eigenvalue weighted by atomic mass is 10.1. The Balaban J connectivity index is 1.41. The van der Waals surface area contributed by atoms with Crippen molar-refractivity contribution in [3.05, 3.63) is 106 Å². The molecule has 1 unspecified atom stereocenters. The topological polar surface area (TPSA) is 59.0 Å². The molecule has 0 aliphatic rings. The molecule has 1 atom stereocenters. The van der Waals surface area contributed by atoms with Crippen LogP contribution >= 0.6 is 11.3 Å². The Morgan fingerprint density at radius 1 is 1.07 bits per heavy atom. The van der Waals surface area contributed by atoms with Gasteiger partial charge in [0, 0.05) is 23.2 Å². The maximum absolute atomic E-state index is 13.3. The number of carbonyl (C=O) groups is 1. The fourth-order valence-corrected chi connectivity index (χ4v) is 3.77. The van der Waals surface area contributed by atoms with Crippen molar-refractivity contribution in [1.29, 1.82) is 0 Å². The Kier molecular flexibility index (Phi) is 5.67. The zero-order valence-electron chi connectivity index (χ0n) is 15.5. The maximum Gasteiger partial charge on any atom is 0.315 e. The van der Waals surface area contributed by atoms with E-state index in [1.807, 2.05) is 54.0 Å². The highest BCUT2D eigenvalue weighted by molar-refractivity contribution is 7.10. The molecular formula is C22H19FN4OS. The molecule has 0 bridgehead atoms. The third kappa shape index (κ3) is 4.70. The molecule has 2 heterocycles. The predicted octanol–water partition coefficient (Wildman–Crippen LogP) is 4.66. The van der Waals surface area contributed by atoms with Crippen LogP contribution < -0.4 is 10.6 Å². The predicted molar refractivity (Wildman–Crippen MR) is 111 cm³/mol. The average molecular weight is 406 g/mol. The molecule has 29 heavy (non-hydrogen) atoms. The SMILES string of the molecule is O=C(NCc1cnn(-c2ccccc2)c1)NC(c1ccc(F)cc1)c1cccs1. The second kappa shape index (κ2) is 8.70. The molecule has 4 rings (SSSR count). The summed E-state index contributed by atoms with van der Waals surface area (Å²) in [6.07, 6.45) is 3.61. The largest absolute Gasteiger partial charge is 0.334 e. The van der Waals surface area contributed by atoms with Gasteiger partial charge in [-0.3, -0.25) is 0 Å². The molecule has 0 saturated carbocycles. The molecule has 146 valence electrons. The van der Waals surface area contributed by atoms with Crippen LogP contribution in [0.25, 0.3) is 5.69 Å². The van der Waals surface area contributed by atoms with E-state index in [-0.39, 0.29) is 17.9 Å². The standard InChI is InChI=1S/C22H19FN4OS/c23-18-10-8-17(9-11-18)21(20-7-4-12-29-20)26-22(28)24-13-16-14-25-27(15-16)19-5-2-1-3-6-19/h1-12,14-15,21H,13H2,(H2,24,26,28). The molecular weight excluding hydrogens is 387 g/mol. The van der Waals surface area contributed by atoms with Crippen LogP contribution in [0.4, 0.5) is 9.18 Å². The van der Waals surface area contributed by atoms with E-state index in [0.29, 0.717) is 6.54 Å². The van der Waals surface area contributed by atoms with Gasteiger partial charge in [-0.25, -0.2) is 13.9 Å². The van der Waals surface area contributed by atoms with Crippen LogP contribution in [0.5, 0.6) is 0 Å². The third-order valence-corrected chi connectivity index (χ3v) is 5.35. The van der Waals surface area contributed by atoms with Gasteiger partial charge in [-0.05, 0) is 41.3 Å². The van der Waals surface area contributed by atoms with Crippen molar-refractivity contribution in [2.75, 3.05) is 0 Å². The molecule has 2 aromatic heterocycles. The molecule has 0 aliphatic heterocycles. The fourth-order valence-electron chi connectivity index (χ4n) is 2.97. The number of urea groups is 1. The van der Waals surface area contributed by atoms with E-state index in [0.717, 1.165) is 21.7 Å². The number of amides is 2. The van der Waals surface area contributed by atoms with Crippen molar-refractivity contribution in [3.63, 3.8) is 0 Å². The first-order valence-electron chi connectivity index (χ1n) is 9.11. The zero-order chi connectivity index (χ0) is 20.1. The summed E-state index contributed by atoms with van der Waals surface area (Å²) in [6, 6.07) is 19.2. The quantitative estimate of drug-likeness (QED) is 0.489. The minimum absolute atomic E-state index is 0.305. The minimum atomic E-state index is -0.345. The van der Waals surface area contributed by atoms with Crippen molar-refractivity contribution in [1.82, 2.24) is 20.4 Å². The van der Waals surface area contributed by atoms with Crippen molar-refractivity contribution in [2.45, 2.75) is 12.6 Å². The van der Waals surface area contributed by atoms with E-state index in [2.05, 4.69) is 15.7 Å². The summed E-state index contributed by atoms with van der Waals surface area (Å²) in [6.45, 7) is 0.346. The molecule has 2 aromatic carbocycles. The van der Waals surface area contributed by atoms with Gasteiger partial charge in [0.2, 0.25) is 0 Å². The molecule has 7 heteroatoms. The lowest BCUT2D eigenvalue weighted by Gasteiger charge is -2.18. The zero-order valence-corrected chi connectivity index (χ0v) is 16.3. The smallest absolute Gasteiger partial charge is 0.315 e. The van der Waals surface area contributed by atoms with Crippen molar-refractivity contribution >= 4 is 17.4 Å². The second-order valence-corrected chi connectivity index (χ2v) is 7.43. The lowest BCUT2D eigenvalue weighted by Crippen LogP contribution is -2.37. The summed E-state index contributed by atoms with van der Waals surface area (Å²) < 4.78 is 15.0. The number of aromatic nitrogens is 2. The molecule has 0 saturated heterocycles. The number of hydrogen-bond donors (Lipinski definition) is 2. The summed E-state index contributed by atoms with van der Waals surface area (Å²) in [7, 11) is 0. The Bertz CT molecular complexity index is 1060. The highest BCUT2D eigenvalue weighted by Gasteiger charge is 2.18. The van der Waals surface area contributed by atoms with E-state index >= 15 is 0 Å². The Hall–Kier alpha value is -3.45. The first-order chi connectivity index (χ1) is 14.2. The second-order valence-electron chi connectivity index (χ2n) is 6.46. The van der Waals surface area contributed by atoms with Gasteiger partial charge in [0.15, 0.2) is 0 Å². The van der Waals surface area contributed by atoms with E-state index in [4.69, 9.17) is 0 Å². The summed E-state index contributed by atoms with van der Waals surface area (Å²) >= 11 is 1.54. The highest BCUT2D eigenvalue weighted by Crippen LogP contribution is 2.26. The lowest BCUT2D eigenvalue weighted by molar-refractivity contribution is 0.238. The normalized spacial score (nSPS) is 11.8. The van der Waals surface area contributed by atoms with E-state index in [1.54, 1.807) is 23.0 Å². The summed E-state index contributed by atoms with van der Waals surface area (Å²) in [5.74, 6) is -0.307. The summed E-state index contributed by atoms with van der Waals surface area (Å²) in [4.78, 5) is 13.5. The van der Waals surface area contributed by atoms with Gasteiger partial charge in [-0.15, -0.1) is 11.3 Å².